The number of nitrogens with one attached hydrogen (secondary N) is 1. The molecule has 0 unspecified atom stereocenters. The number of aliphatic hydroxyl groups excluding tert-OH is 1. The van der Waals surface area contributed by atoms with Crippen LogP contribution in [0.15, 0.2) is 29.2 Å². The maximum Gasteiger partial charge on any atom is 0.251 e. The van der Waals surface area contributed by atoms with Crippen LogP contribution in [0.25, 0.3) is 0 Å². The minimum Gasteiger partial charge on any atom is -0.394 e. The topological polar surface area (TPSA) is 95.9 Å². The summed E-state index contributed by atoms with van der Waals surface area (Å²) in [6, 6.07) is 5.86. The zero-order valence-corrected chi connectivity index (χ0v) is 15.5. The van der Waals surface area contributed by atoms with E-state index in [1.807, 2.05) is 0 Å². The molecule has 0 heterocycles. The number of sulfonamides is 1. The molecule has 140 valence electrons. The number of aliphatic hydroxyl groups is 1. The van der Waals surface area contributed by atoms with Gasteiger partial charge in [-0.25, -0.2) is 12.7 Å². The fraction of sp³-hybridized carbons (Fsp3) is 0.588. The number of carbonyl (C=O) groups excluding carboxylic acids is 1. The molecule has 7 nitrogen and oxygen atoms in total. The number of hydrogen-bond donors (Lipinski definition) is 2. The normalized spacial score (nSPS) is 17.0. The highest BCUT2D eigenvalue weighted by atomic mass is 32.2. The summed E-state index contributed by atoms with van der Waals surface area (Å²) < 4.78 is 31.0. The van der Waals surface area contributed by atoms with Crippen molar-refractivity contribution in [3.8, 4) is 0 Å². The van der Waals surface area contributed by atoms with E-state index in [1.54, 1.807) is 0 Å². The summed E-state index contributed by atoms with van der Waals surface area (Å²) in [5, 5.41) is 11.8. The number of hydrogen-bond acceptors (Lipinski definition) is 5. The Bertz CT molecular complexity index is 679. The highest BCUT2D eigenvalue weighted by molar-refractivity contribution is 7.89. The molecule has 1 aromatic carbocycles. The lowest BCUT2D eigenvalue weighted by atomic mass is 10.0. The molecule has 25 heavy (non-hydrogen) atoms. The molecular formula is C17H26N2O5S. The largest absolute Gasteiger partial charge is 0.394 e. The first-order chi connectivity index (χ1) is 11.8. The average Bonchev–Trinajstić information content (AvgIpc) is 3.07. The van der Waals surface area contributed by atoms with Gasteiger partial charge in [-0.2, -0.15) is 0 Å². The van der Waals surface area contributed by atoms with Gasteiger partial charge < -0.3 is 15.2 Å². The van der Waals surface area contributed by atoms with Crippen LogP contribution in [0, 0.1) is 0 Å². The Morgan fingerprint density at radius 3 is 2.36 bits per heavy atom. The second kappa shape index (κ2) is 8.27. The molecule has 0 aliphatic heterocycles. The van der Waals surface area contributed by atoms with E-state index in [0.29, 0.717) is 12.1 Å². The predicted molar refractivity (Wildman–Crippen MR) is 93.9 cm³/mol. The molecule has 0 atom stereocenters. The number of rotatable bonds is 8. The monoisotopic (exact) mass is 370 g/mol. The molecular weight excluding hydrogens is 344 g/mol. The molecule has 0 aromatic heterocycles. The summed E-state index contributed by atoms with van der Waals surface area (Å²) in [6.07, 6.45) is 3.79. The second-order valence-electron chi connectivity index (χ2n) is 6.46. The maximum atomic E-state index is 12.3. The Morgan fingerprint density at radius 1 is 1.24 bits per heavy atom. The summed E-state index contributed by atoms with van der Waals surface area (Å²) in [5.74, 6) is -0.271. The Morgan fingerprint density at radius 2 is 1.84 bits per heavy atom. The number of amides is 1. The van der Waals surface area contributed by atoms with Crippen LogP contribution in [0.2, 0.25) is 0 Å². The van der Waals surface area contributed by atoms with Gasteiger partial charge in [-0.3, -0.25) is 4.79 Å². The molecule has 1 fully saturated rings. The number of benzene rings is 1. The van der Waals surface area contributed by atoms with Gasteiger partial charge in [0.2, 0.25) is 10.0 Å². The van der Waals surface area contributed by atoms with E-state index in [1.165, 1.54) is 38.4 Å². The summed E-state index contributed by atoms with van der Waals surface area (Å²) in [7, 11) is -0.583. The maximum absolute atomic E-state index is 12.3. The first-order valence-electron chi connectivity index (χ1n) is 8.36. The zero-order valence-electron chi connectivity index (χ0n) is 14.7. The molecule has 1 aliphatic rings. The smallest absolute Gasteiger partial charge is 0.251 e. The van der Waals surface area contributed by atoms with Crippen LogP contribution in [0.1, 0.15) is 36.0 Å². The van der Waals surface area contributed by atoms with Gasteiger partial charge in [-0.15, -0.1) is 0 Å². The first kappa shape index (κ1) is 19.8. The quantitative estimate of drug-likeness (QED) is 0.711. The van der Waals surface area contributed by atoms with E-state index < -0.39 is 15.6 Å². The van der Waals surface area contributed by atoms with Crippen molar-refractivity contribution in [3.63, 3.8) is 0 Å². The van der Waals surface area contributed by atoms with Gasteiger partial charge in [0.05, 0.1) is 23.7 Å². The lowest BCUT2D eigenvalue weighted by Gasteiger charge is -2.29. The van der Waals surface area contributed by atoms with Crippen LogP contribution >= 0.6 is 0 Å². The van der Waals surface area contributed by atoms with Crippen molar-refractivity contribution in [1.29, 1.82) is 0 Å². The molecule has 0 bridgehead atoms. The molecule has 1 aromatic rings. The highest BCUT2D eigenvalue weighted by Gasteiger charge is 2.35. The van der Waals surface area contributed by atoms with Crippen LogP contribution in [0.5, 0.6) is 0 Å². The van der Waals surface area contributed by atoms with Crippen LogP contribution in [-0.2, 0) is 14.8 Å². The van der Waals surface area contributed by atoms with Crippen molar-refractivity contribution in [2.24, 2.45) is 0 Å². The molecule has 1 aliphatic carbocycles. The Kier molecular flexibility index (Phi) is 6.56. The van der Waals surface area contributed by atoms with Crippen LogP contribution < -0.4 is 5.32 Å². The third kappa shape index (κ3) is 4.78. The fourth-order valence-corrected chi connectivity index (χ4v) is 3.89. The lowest BCUT2D eigenvalue weighted by molar-refractivity contribution is -0.0511. The van der Waals surface area contributed by atoms with Gasteiger partial charge in [-0.05, 0) is 37.1 Å². The van der Waals surface area contributed by atoms with Gasteiger partial charge in [-0.1, -0.05) is 12.8 Å². The van der Waals surface area contributed by atoms with Crippen LogP contribution in [-0.4, -0.2) is 63.2 Å². The summed E-state index contributed by atoms with van der Waals surface area (Å²) in [6.45, 7) is 0.591. The van der Waals surface area contributed by atoms with E-state index in [0.717, 1.165) is 30.0 Å². The lowest BCUT2D eigenvalue weighted by Crippen LogP contribution is -2.43. The summed E-state index contributed by atoms with van der Waals surface area (Å²) in [4.78, 5) is 12.5. The van der Waals surface area contributed by atoms with E-state index >= 15 is 0 Å². The minimum absolute atomic E-state index is 0.0441. The molecule has 0 radical (unpaired) electrons. The third-order valence-corrected chi connectivity index (χ3v) is 6.31. The summed E-state index contributed by atoms with van der Waals surface area (Å²) in [5.41, 5.74) is -0.0138. The second-order valence-corrected chi connectivity index (χ2v) is 8.61. The van der Waals surface area contributed by atoms with Gasteiger partial charge in [0, 0.05) is 26.2 Å². The standard InChI is InChI=1S/C17H26N2O5S/c1-19(2)25(22,23)15-7-5-14(6-8-15)16(21)18-13-17(24-12-11-20)9-3-4-10-17/h5-8,20H,3-4,9-13H2,1-2H3,(H,18,21). The predicted octanol–water partition coefficient (Wildman–Crippen LogP) is 0.988. The minimum atomic E-state index is -3.51. The van der Waals surface area contributed by atoms with E-state index in [9.17, 15) is 13.2 Å². The van der Waals surface area contributed by atoms with Crippen LogP contribution in [0.3, 0.4) is 0 Å². The van der Waals surface area contributed by atoms with E-state index in [2.05, 4.69) is 5.32 Å². The Labute approximate surface area is 149 Å². The van der Waals surface area contributed by atoms with Gasteiger partial charge >= 0.3 is 0 Å². The van der Waals surface area contributed by atoms with Crippen molar-refractivity contribution < 1.29 is 23.1 Å². The van der Waals surface area contributed by atoms with Crippen LogP contribution in [0.4, 0.5) is 0 Å². The zero-order chi connectivity index (χ0) is 18.5. The first-order valence-corrected chi connectivity index (χ1v) is 9.80. The van der Waals surface area contributed by atoms with Crippen molar-refractivity contribution in [2.45, 2.75) is 36.2 Å². The summed E-state index contributed by atoms with van der Waals surface area (Å²) >= 11 is 0. The van der Waals surface area contributed by atoms with E-state index in [-0.39, 0.29) is 24.0 Å². The van der Waals surface area contributed by atoms with Crippen molar-refractivity contribution in [2.75, 3.05) is 33.9 Å². The SMILES string of the molecule is CN(C)S(=O)(=O)c1ccc(C(=O)NCC2(OCCO)CCCC2)cc1. The highest BCUT2D eigenvalue weighted by Crippen LogP contribution is 2.32. The average molecular weight is 370 g/mol. The third-order valence-electron chi connectivity index (χ3n) is 4.48. The van der Waals surface area contributed by atoms with Gasteiger partial charge in [0.15, 0.2) is 0 Å². The number of ether oxygens (including phenoxy) is 1. The molecule has 2 N–H and O–H groups in total. The number of nitrogens with zero attached hydrogens (tertiary/aromatic N) is 1. The van der Waals surface area contributed by atoms with Crippen molar-refractivity contribution >= 4 is 15.9 Å². The van der Waals surface area contributed by atoms with Crippen molar-refractivity contribution in [1.82, 2.24) is 9.62 Å². The Balaban J connectivity index is 2.01. The molecule has 1 saturated carbocycles. The fourth-order valence-electron chi connectivity index (χ4n) is 2.99. The molecule has 2 rings (SSSR count). The van der Waals surface area contributed by atoms with Gasteiger partial charge in [0.25, 0.3) is 5.91 Å². The molecule has 0 saturated heterocycles. The van der Waals surface area contributed by atoms with Crippen molar-refractivity contribution in [3.05, 3.63) is 29.8 Å². The number of carbonyl (C=O) groups is 1. The Hall–Kier alpha value is -1.48. The van der Waals surface area contributed by atoms with Gasteiger partial charge in [0.1, 0.15) is 0 Å². The van der Waals surface area contributed by atoms with E-state index in [4.69, 9.17) is 9.84 Å². The molecule has 8 heteroatoms. The molecule has 1 amide bonds. The molecule has 0 spiro atoms.